The highest BCUT2D eigenvalue weighted by atomic mass is 35.5. The molecule has 0 amide bonds. The van der Waals surface area contributed by atoms with Gasteiger partial charge in [0.05, 0.1) is 11.3 Å². The molecule has 0 aromatic heterocycles. The fourth-order valence-corrected chi connectivity index (χ4v) is 3.44. The van der Waals surface area contributed by atoms with E-state index in [1.54, 1.807) is 0 Å². The van der Waals surface area contributed by atoms with Crippen molar-refractivity contribution in [2.45, 2.75) is 26.7 Å². The van der Waals surface area contributed by atoms with Gasteiger partial charge in [0.2, 0.25) is 0 Å². The second-order valence-electron chi connectivity index (χ2n) is 4.50. The fraction of sp³-hybridized carbons (Fsp3) is 0.462. The summed E-state index contributed by atoms with van der Waals surface area (Å²) >= 11 is 5.74. The molecule has 8 heteroatoms. The third-order valence-electron chi connectivity index (χ3n) is 2.74. The number of halogens is 1. The number of carboxylic acids is 1. The monoisotopic (exact) mass is 334 g/mol. The Balaban J connectivity index is 3.11. The van der Waals surface area contributed by atoms with Crippen LogP contribution in [0.15, 0.2) is 18.2 Å². The number of anilines is 1. The molecule has 0 saturated heterocycles. The van der Waals surface area contributed by atoms with Gasteiger partial charge in [0.1, 0.15) is 0 Å². The molecule has 21 heavy (non-hydrogen) atoms. The van der Waals surface area contributed by atoms with Crippen molar-refractivity contribution in [2.75, 3.05) is 17.8 Å². The smallest absolute Gasteiger partial charge is 0.337 e. The van der Waals surface area contributed by atoms with E-state index >= 15 is 0 Å². The van der Waals surface area contributed by atoms with E-state index in [1.165, 1.54) is 22.5 Å². The minimum atomic E-state index is -3.79. The Morgan fingerprint density at radius 2 is 1.86 bits per heavy atom. The number of carbonyl (C=O) groups is 1. The first-order chi connectivity index (χ1) is 9.81. The zero-order valence-electron chi connectivity index (χ0n) is 12.0. The number of nitrogens with one attached hydrogen (secondary N) is 1. The summed E-state index contributed by atoms with van der Waals surface area (Å²) in [6.45, 7) is 4.50. The maximum atomic E-state index is 12.3. The molecule has 0 bridgehead atoms. The van der Waals surface area contributed by atoms with Crippen LogP contribution in [0, 0.1) is 0 Å². The second-order valence-corrected chi connectivity index (χ2v) is 6.61. The Kier molecular flexibility index (Phi) is 6.44. The molecule has 1 aromatic rings. The van der Waals surface area contributed by atoms with Crippen LogP contribution in [0.3, 0.4) is 0 Å². The maximum absolute atomic E-state index is 12.3. The Morgan fingerprint density at radius 1 is 1.29 bits per heavy atom. The molecule has 118 valence electrons. The Hall–Kier alpha value is -1.31. The van der Waals surface area contributed by atoms with Crippen LogP contribution in [-0.2, 0) is 10.2 Å². The number of benzene rings is 1. The van der Waals surface area contributed by atoms with Crippen molar-refractivity contribution < 1.29 is 18.3 Å². The predicted octanol–water partition coefficient (Wildman–Crippen LogP) is 2.82. The average molecular weight is 335 g/mol. The standard InChI is InChI=1S/C13H19ClN2O4S/c1-3-7-16(8-4-2)21(19,20)15-12-6-5-10(14)9-11(12)13(17)18/h5-6,9,15H,3-4,7-8H2,1-2H3,(H,17,18). The van der Waals surface area contributed by atoms with Gasteiger partial charge in [-0.15, -0.1) is 0 Å². The van der Waals surface area contributed by atoms with Gasteiger partial charge in [-0.25, -0.2) is 4.79 Å². The molecular formula is C13H19ClN2O4S. The molecule has 0 aliphatic rings. The number of hydrogen-bond acceptors (Lipinski definition) is 3. The van der Waals surface area contributed by atoms with Crippen molar-refractivity contribution in [2.24, 2.45) is 0 Å². The minimum Gasteiger partial charge on any atom is -0.478 e. The van der Waals surface area contributed by atoms with Crippen molar-refractivity contribution >= 4 is 33.5 Å². The molecule has 0 saturated carbocycles. The molecule has 0 spiro atoms. The second kappa shape index (κ2) is 7.63. The summed E-state index contributed by atoms with van der Waals surface area (Å²) in [5.74, 6) is -1.24. The van der Waals surface area contributed by atoms with Crippen LogP contribution in [0.4, 0.5) is 5.69 Å². The van der Waals surface area contributed by atoms with E-state index in [1.807, 2.05) is 13.8 Å². The Bertz CT molecular complexity index is 598. The molecule has 0 fully saturated rings. The first-order valence-electron chi connectivity index (χ1n) is 6.62. The number of nitrogens with zero attached hydrogens (tertiary/aromatic N) is 1. The largest absolute Gasteiger partial charge is 0.478 e. The molecule has 0 radical (unpaired) electrons. The minimum absolute atomic E-state index is 0.00380. The van der Waals surface area contributed by atoms with Crippen LogP contribution in [0.1, 0.15) is 37.0 Å². The van der Waals surface area contributed by atoms with Crippen LogP contribution >= 0.6 is 11.6 Å². The molecular weight excluding hydrogens is 316 g/mol. The van der Waals surface area contributed by atoms with Crippen molar-refractivity contribution in [3.8, 4) is 0 Å². The molecule has 0 atom stereocenters. The van der Waals surface area contributed by atoms with Crippen LogP contribution in [0.25, 0.3) is 0 Å². The lowest BCUT2D eigenvalue weighted by molar-refractivity contribution is 0.0698. The average Bonchev–Trinajstić information content (AvgIpc) is 2.40. The molecule has 1 aromatic carbocycles. The first kappa shape index (κ1) is 17.7. The summed E-state index contributed by atoms with van der Waals surface area (Å²) in [5.41, 5.74) is -0.178. The van der Waals surface area contributed by atoms with E-state index < -0.39 is 16.2 Å². The lowest BCUT2D eigenvalue weighted by atomic mass is 10.2. The van der Waals surface area contributed by atoms with Gasteiger partial charge in [-0.2, -0.15) is 12.7 Å². The summed E-state index contributed by atoms with van der Waals surface area (Å²) in [6.07, 6.45) is 1.35. The SMILES string of the molecule is CCCN(CCC)S(=O)(=O)Nc1ccc(Cl)cc1C(=O)O. The third kappa shape index (κ3) is 4.87. The van der Waals surface area contributed by atoms with Gasteiger partial charge in [-0.3, -0.25) is 4.72 Å². The van der Waals surface area contributed by atoms with Crippen molar-refractivity contribution in [1.29, 1.82) is 0 Å². The molecule has 1 rings (SSSR count). The van der Waals surface area contributed by atoms with Crippen molar-refractivity contribution in [1.82, 2.24) is 4.31 Å². The van der Waals surface area contributed by atoms with Gasteiger partial charge in [0.15, 0.2) is 0 Å². The topological polar surface area (TPSA) is 86.7 Å². The van der Waals surface area contributed by atoms with Crippen molar-refractivity contribution in [3.05, 3.63) is 28.8 Å². The number of rotatable bonds is 8. The Morgan fingerprint density at radius 3 is 2.33 bits per heavy atom. The van der Waals surface area contributed by atoms with E-state index in [-0.39, 0.29) is 16.3 Å². The van der Waals surface area contributed by atoms with Gasteiger partial charge in [-0.1, -0.05) is 25.4 Å². The molecule has 0 unspecified atom stereocenters. The highest BCUT2D eigenvalue weighted by Crippen LogP contribution is 2.22. The lowest BCUT2D eigenvalue weighted by Crippen LogP contribution is -2.37. The van der Waals surface area contributed by atoms with E-state index in [0.29, 0.717) is 25.9 Å². The van der Waals surface area contributed by atoms with Gasteiger partial charge in [0, 0.05) is 18.1 Å². The molecule has 2 N–H and O–H groups in total. The summed E-state index contributed by atoms with van der Waals surface area (Å²) in [6, 6.07) is 4.00. The summed E-state index contributed by atoms with van der Waals surface area (Å²) in [5, 5.41) is 9.36. The maximum Gasteiger partial charge on any atom is 0.337 e. The number of carboxylic acid groups (broad SMARTS) is 1. The fourth-order valence-electron chi connectivity index (χ4n) is 1.84. The van der Waals surface area contributed by atoms with Gasteiger partial charge in [-0.05, 0) is 31.0 Å². The lowest BCUT2D eigenvalue weighted by Gasteiger charge is -2.22. The van der Waals surface area contributed by atoms with Crippen molar-refractivity contribution in [3.63, 3.8) is 0 Å². The molecule has 0 aliphatic carbocycles. The number of hydrogen-bond donors (Lipinski definition) is 2. The highest BCUT2D eigenvalue weighted by molar-refractivity contribution is 7.90. The normalized spacial score (nSPS) is 11.6. The van der Waals surface area contributed by atoms with Crippen LogP contribution in [-0.4, -0.2) is 36.9 Å². The van der Waals surface area contributed by atoms with Crippen LogP contribution < -0.4 is 4.72 Å². The summed E-state index contributed by atoms with van der Waals surface area (Å²) < 4.78 is 28.3. The zero-order chi connectivity index (χ0) is 16.0. The zero-order valence-corrected chi connectivity index (χ0v) is 13.5. The Labute approximate surface area is 129 Å². The highest BCUT2D eigenvalue weighted by Gasteiger charge is 2.22. The van der Waals surface area contributed by atoms with E-state index in [4.69, 9.17) is 16.7 Å². The quantitative estimate of drug-likeness (QED) is 0.765. The van der Waals surface area contributed by atoms with Crippen LogP contribution in [0.5, 0.6) is 0 Å². The number of aromatic carboxylic acids is 1. The summed E-state index contributed by atoms with van der Waals surface area (Å²) in [4.78, 5) is 11.2. The molecule has 0 heterocycles. The predicted molar refractivity (Wildman–Crippen MR) is 83.1 cm³/mol. The molecule has 0 aliphatic heterocycles. The van der Waals surface area contributed by atoms with Gasteiger partial charge in [0.25, 0.3) is 0 Å². The van der Waals surface area contributed by atoms with E-state index in [2.05, 4.69) is 4.72 Å². The van der Waals surface area contributed by atoms with Gasteiger partial charge >= 0.3 is 16.2 Å². The van der Waals surface area contributed by atoms with E-state index in [0.717, 1.165) is 0 Å². The van der Waals surface area contributed by atoms with E-state index in [9.17, 15) is 13.2 Å². The first-order valence-corrected chi connectivity index (χ1v) is 8.44. The summed E-state index contributed by atoms with van der Waals surface area (Å²) in [7, 11) is -3.79. The van der Waals surface area contributed by atoms with Crippen LogP contribution in [0.2, 0.25) is 5.02 Å². The molecule has 6 nitrogen and oxygen atoms in total. The van der Waals surface area contributed by atoms with Gasteiger partial charge < -0.3 is 5.11 Å². The third-order valence-corrected chi connectivity index (χ3v) is 4.49.